The van der Waals surface area contributed by atoms with E-state index < -0.39 is 0 Å². The zero-order valence-electron chi connectivity index (χ0n) is 12.4. The number of nitrogens with one attached hydrogen (secondary N) is 1. The highest BCUT2D eigenvalue weighted by Gasteiger charge is 2.15. The van der Waals surface area contributed by atoms with Crippen molar-refractivity contribution in [3.63, 3.8) is 0 Å². The summed E-state index contributed by atoms with van der Waals surface area (Å²) < 4.78 is 0. The Morgan fingerprint density at radius 2 is 1.95 bits per heavy atom. The lowest BCUT2D eigenvalue weighted by Crippen LogP contribution is -2.31. The van der Waals surface area contributed by atoms with Crippen molar-refractivity contribution in [2.45, 2.75) is 40.5 Å². The van der Waals surface area contributed by atoms with Gasteiger partial charge in [0.1, 0.15) is 17.3 Å². The molecule has 0 saturated heterocycles. The van der Waals surface area contributed by atoms with Gasteiger partial charge in [-0.2, -0.15) is 0 Å². The fraction of sp³-hybridized carbons (Fsp3) is 0.643. The van der Waals surface area contributed by atoms with Gasteiger partial charge in [0.05, 0.1) is 0 Å². The van der Waals surface area contributed by atoms with Crippen LogP contribution in [-0.4, -0.2) is 40.4 Å². The van der Waals surface area contributed by atoms with Crippen molar-refractivity contribution >= 4 is 11.7 Å². The van der Waals surface area contributed by atoms with Crippen molar-refractivity contribution in [2.75, 3.05) is 25.0 Å². The largest absolute Gasteiger partial charge is 0.370 e. The third kappa shape index (κ3) is 4.50. The number of rotatable bonds is 7. The molecule has 0 saturated carbocycles. The highest BCUT2D eigenvalue weighted by Crippen LogP contribution is 2.09. The second kappa shape index (κ2) is 7.71. The first-order chi connectivity index (χ1) is 9.12. The molecule has 1 aromatic heterocycles. The van der Waals surface area contributed by atoms with Crippen LogP contribution in [0.3, 0.4) is 0 Å². The summed E-state index contributed by atoms with van der Waals surface area (Å²) >= 11 is 0. The van der Waals surface area contributed by atoms with Crippen molar-refractivity contribution in [2.24, 2.45) is 0 Å². The molecule has 1 N–H and O–H groups in total. The van der Waals surface area contributed by atoms with Crippen LogP contribution in [0.15, 0.2) is 6.07 Å². The van der Waals surface area contributed by atoms with Gasteiger partial charge in [-0.05, 0) is 27.2 Å². The summed E-state index contributed by atoms with van der Waals surface area (Å²) in [5.74, 6) is 1.32. The van der Waals surface area contributed by atoms with Gasteiger partial charge >= 0.3 is 0 Å². The minimum Gasteiger partial charge on any atom is -0.370 e. The summed E-state index contributed by atoms with van der Waals surface area (Å²) in [6.45, 7) is 10.1. The van der Waals surface area contributed by atoms with Crippen molar-refractivity contribution in [1.29, 1.82) is 0 Å². The van der Waals surface area contributed by atoms with Crippen LogP contribution in [-0.2, 0) is 0 Å². The quantitative estimate of drug-likeness (QED) is 0.769. The van der Waals surface area contributed by atoms with Crippen molar-refractivity contribution in [3.05, 3.63) is 17.6 Å². The lowest BCUT2D eigenvalue weighted by molar-refractivity contribution is 0.0766. The van der Waals surface area contributed by atoms with Crippen molar-refractivity contribution in [3.8, 4) is 0 Å². The predicted molar refractivity (Wildman–Crippen MR) is 77.4 cm³/mol. The number of nitrogens with zero attached hydrogens (tertiary/aromatic N) is 3. The number of aryl methyl sites for hydroxylation is 1. The van der Waals surface area contributed by atoms with Gasteiger partial charge < -0.3 is 10.2 Å². The molecule has 5 nitrogen and oxygen atoms in total. The Kier molecular flexibility index (Phi) is 6.25. The Morgan fingerprint density at radius 1 is 1.26 bits per heavy atom. The Morgan fingerprint density at radius 3 is 2.53 bits per heavy atom. The van der Waals surface area contributed by atoms with E-state index in [0.29, 0.717) is 24.6 Å². The Labute approximate surface area is 115 Å². The van der Waals surface area contributed by atoms with Gasteiger partial charge in [-0.1, -0.05) is 13.3 Å². The molecule has 0 aliphatic carbocycles. The maximum Gasteiger partial charge on any atom is 0.272 e. The SMILES string of the molecule is CCCCNc1cc(C(=O)N(CC)CC)nc(C)n1. The van der Waals surface area contributed by atoms with Crippen LogP contribution in [0.1, 0.15) is 49.9 Å². The Bertz CT molecular complexity index is 416. The number of carbonyl (C=O) groups excluding carboxylic acids is 1. The molecule has 0 aliphatic rings. The fourth-order valence-corrected chi connectivity index (χ4v) is 1.83. The molecule has 1 rings (SSSR count). The average molecular weight is 264 g/mol. The highest BCUT2D eigenvalue weighted by molar-refractivity contribution is 5.92. The first kappa shape index (κ1) is 15.4. The first-order valence-electron chi connectivity index (χ1n) is 7.01. The van der Waals surface area contributed by atoms with E-state index in [-0.39, 0.29) is 5.91 Å². The number of anilines is 1. The fourth-order valence-electron chi connectivity index (χ4n) is 1.83. The van der Waals surface area contributed by atoms with Gasteiger partial charge in [0.15, 0.2) is 0 Å². The zero-order valence-corrected chi connectivity index (χ0v) is 12.4. The molecular weight excluding hydrogens is 240 g/mol. The smallest absolute Gasteiger partial charge is 0.272 e. The number of hydrogen-bond donors (Lipinski definition) is 1. The third-order valence-electron chi connectivity index (χ3n) is 2.94. The number of hydrogen-bond acceptors (Lipinski definition) is 4. The summed E-state index contributed by atoms with van der Waals surface area (Å²) in [4.78, 5) is 22.6. The van der Waals surface area contributed by atoms with E-state index in [1.165, 1.54) is 0 Å². The van der Waals surface area contributed by atoms with Gasteiger partial charge in [0, 0.05) is 25.7 Å². The number of aromatic nitrogens is 2. The molecule has 19 heavy (non-hydrogen) atoms. The van der Waals surface area contributed by atoms with E-state index >= 15 is 0 Å². The first-order valence-corrected chi connectivity index (χ1v) is 7.01. The summed E-state index contributed by atoms with van der Waals surface area (Å²) in [5.41, 5.74) is 0.468. The maximum absolute atomic E-state index is 12.2. The molecule has 5 heteroatoms. The average Bonchev–Trinajstić information content (AvgIpc) is 2.39. The van der Waals surface area contributed by atoms with Gasteiger partial charge in [-0.3, -0.25) is 4.79 Å². The number of amides is 1. The lowest BCUT2D eigenvalue weighted by Gasteiger charge is -2.18. The predicted octanol–water partition coefficient (Wildman–Crippen LogP) is 2.48. The second-order valence-electron chi connectivity index (χ2n) is 4.44. The van der Waals surface area contributed by atoms with Crippen LogP contribution >= 0.6 is 0 Å². The standard InChI is InChI=1S/C14H24N4O/c1-5-8-9-15-13-10-12(16-11(4)17-13)14(19)18(6-2)7-3/h10H,5-9H2,1-4H3,(H,15,16,17). The van der Waals surface area contributed by atoms with Crippen LogP contribution in [0.5, 0.6) is 0 Å². The van der Waals surface area contributed by atoms with E-state index in [0.717, 1.165) is 25.2 Å². The molecule has 1 amide bonds. The summed E-state index contributed by atoms with van der Waals surface area (Å²) in [6.07, 6.45) is 2.21. The topological polar surface area (TPSA) is 58.1 Å². The molecule has 0 unspecified atom stereocenters. The molecule has 106 valence electrons. The van der Waals surface area contributed by atoms with Gasteiger partial charge in [-0.15, -0.1) is 0 Å². The maximum atomic E-state index is 12.2. The summed E-state index contributed by atoms with van der Waals surface area (Å²) in [7, 11) is 0. The third-order valence-corrected chi connectivity index (χ3v) is 2.94. The molecule has 0 aromatic carbocycles. The minimum atomic E-state index is -0.0333. The molecule has 1 heterocycles. The van der Waals surface area contributed by atoms with Gasteiger partial charge in [0.2, 0.25) is 0 Å². The van der Waals surface area contributed by atoms with E-state index in [1.54, 1.807) is 11.0 Å². The van der Waals surface area contributed by atoms with Crippen LogP contribution in [0, 0.1) is 6.92 Å². The minimum absolute atomic E-state index is 0.0333. The lowest BCUT2D eigenvalue weighted by atomic mass is 10.3. The van der Waals surface area contributed by atoms with Crippen LogP contribution in [0.2, 0.25) is 0 Å². The number of unbranched alkanes of at least 4 members (excludes halogenated alkanes) is 1. The molecule has 0 bridgehead atoms. The molecule has 0 fully saturated rings. The van der Waals surface area contributed by atoms with Crippen LogP contribution in [0.4, 0.5) is 5.82 Å². The van der Waals surface area contributed by atoms with Crippen molar-refractivity contribution in [1.82, 2.24) is 14.9 Å². The molecule has 0 radical (unpaired) electrons. The monoisotopic (exact) mass is 264 g/mol. The van der Waals surface area contributed by atoms with Gasteiger partial charge in [-0.25, -0.2) is 9.97 Å². The zero-order chi connectivity index (χ0) is 14.3. The molecule has 1 aromatic rings. The summed E-state index contributed by atoms with van der Waals surface area (Å²) in [6, 6.07) is 1.74. The van der Waals surface area contributed by atoms with Crippen LogP contribution in [0.25, 0.3) is 0 Å². The summed E-state index contributed by atoms with van der Waals surface area (Å²) in [5, 5.41) is 3.23. The van der Waals surface area contributed by atoms with E-state index in [2.05, 4.69) is 22.2 Å². The normalized spacial score (nSPS) is 10.3. The van der Waals surface area contributed by atoms with Crippen molar-refractivity contribution < 1.29 is 4.79 Å². The van der Waals surface area contributed by atoms with Crippen LogP contribution < -0.4 is 5.32 Å². The molecule has 0 atom stereocenters. The van der Waals surface area contributed by atoms with E-state index in [4.69, 9.17) is 0 Å². The molecule has 0 aliphatic heterocycles. The second-order valence-corrected chi connectivity index (χ2v) is 4.44. The Balaban J connectivity index is 2.86. The molecular formula is C14H24N4O. The Hall–Kier alpha value is -1.65. The van der Waals surface area contributed by atoms with Gasteiger partial charge in [0.25, 0.3) is 5.91 Å². The van der Waals surface area contributed by atoms with E-state index in [9.17, 15) is 4.79 Å². The highest BCUT2D eigenvalue weighted by atomic mass is 16.2. The van der Waals surface area contributed by atoms with E-state index in [1.807, 2.05) is 20.8 Å². The molecule has 0 spiro atoms. The number of carbonyl (C=O) groups is 1.